The second-order valence-electron chi connectivity index (χ2n) is 5.08. The summed E-state index contributed by atoms with van der Waals surface area (Å²) in [6, 6.07) is 1.93. The summed E-state index contributed by atoms with van der Waals surface area (Å²) in [7, 11) is 1.84. The molecule has 0 unspecified atom stereocenters. The molecule has 0 bridgehead atoms. The van der Waals surface area contributed by atoms with Crippen LogP contribution < -0.4 is 11.1 Å². The first-order valence-electron chi connectivity index (χ1n) is 6.39. The number of hydrogen-bond donors (Lipinski definition) is 2. The largest absolute Gasteiger partial charge is 0.369 e. The van der Waals surface area contributed by atoms with Crippen LogP contribution in [0.4, 0.5) is 0 Å². The molecule has 1 aromatic heterocycles. The highest BCUT2D eigenvalue weighted by Crippen LogP contribution is 2.24. The highest BCUT2D eigenvalue weighted by atomic mass is 79.9. The molecule has 1 heterocycles. The second-order valence-corrected chi connectivity index (χ2v) is 5.99. The average molecular weight is 328 g/mol. The lowest BCUT2D eigenvalue weighted by Gasteiger charge is -2.27. The number of nitrogens with two attached hydrogens (primary N) is 1. The van der Waals surface area contributed by atoms with Crippen molar-refractivity contribution in [1.82, 2.24) is 9.88 Å². The smallest absolute Gasteiger partial charge is 0.268 e. The van der Waals surface area contributed by atoms with Crippen LogP contribution in [-0.4, -0.2) is 22.4 Å². The first-order valence-corrected chi connectivity index (χ1v) is 7.18. The van der Waals surface area contributed by atoms with E-state index in [1.165, 1.54) is 0 Å². The van der Waals surface area contributed by atoms with Gasteiger partial charge in [-0.15, -0.1) is 0 Å². The van der Waals surface area contributed by atoms with Crippen LogP contribution >= 0.6 is 15.9 Å². The van der Waals surface area contributed by atoms with Gasteiger partial charge in [-0.1, -0.05) is 0 Å². The topological polar surface area (TPSA) is 77.1 Å². The zero-order chi connectivity index (χ0) is 14.0. The van der Waals surface area contributed by atoms with Crippen LogP contribution in [-0.2, 0) is 11.8 Å². The number of halogens is 1. The minimum Gasteiger partial charge on any atom is -0.369 e. The van der Waals surface area contributed by atoms with E-state index in [1.807, 2.05) is 13.2 Å². The molecular weight excluding hydrogens is 310 g/mol. The Bertz CT molecular complexity index is 490. The maximum absolute atomic E-state index is 12.1. The molecular formula is C13H18BrN3O2. The molecule has 5 nitrogen and oxygen atoms in total. The Morgan fingerprint density at radius 1 is 1.37 bits per heavy atom. The van der Waals surface area contributed by atoms with Crippen molar-refractivity contribution in [2.24, 2.45) is 18.7 Å². The molecule has 1 aliphatic carbocycles. The Hall–Kier alpha value is -1.30. The van der Waals surface area contributed by atoms with E-state index in [4.69, 9.17) is 5.73 Å². The number of nitrogens with one attached hydrogen (secondary N) is 1. The lowest BCUT2D eigenvalue weighted by atomic mass is 9.85. The predicted molar refractivity (Wildman–Crippen MR) is 75.5 cm³/mol. The van der Waals surface area contributed by atoms with Crippen LogP contribution in [0.1, 0.15) is 36.2 Å². The summed E-state index contributed by atoms with van der Waals surface area (Å²) in [6.07, 6.45) is 4.99. The van der Waals surface area contributed by atoms with Crippen LogP contribution in [0.5, 0.6) is 0 Å². The molecule has 19 heavy (non-hydrogen) atoms. The van der Waals surface area contributed by atoms with Crippen molar-refractivity contribution in [2.75, 3.05) is 0 Å². The number of nitrogens with zero attached hydrogens (tertiary/aromatic N) is 1. The molecule has 1 fully saturated rings. The minimum absolute atomic E-state index is 0.0302. The number of amides is 2. The Kier molecular flexibility index (Phi) is 4.29. The molecule has 0 atom stereocenters. The van der Waals surface area contributed by atoms with E-state index < -0.39 is 0 Å². The van der Waals surface area contributed by atoms with Gasteiger partial charge in [0, 0.05) is 29.7 Å². The lowest BCUT2D eigenvalue weighted by molar-refractivity contribution is -0.122. The lowest BCUT2D eigenvalue weighted by Crippen LogP contribution is -2.40. The van der Waals surface area contributed by atoms with Crippen molar-refractivity contribution in [3.63, 3.8) is 0 Å². The predicted octanol–water partition coefficient (Wildman–Crippen LogP) is 1.56. The number of hydrogen-bond acceptors (Lipinski definition) is 2. The molecule has 2 amide bonds. The number of carbonyl (C=O) groups excluding carboxylic acids is 2. The Labute approximate surface area is 120 Å². The SMILES string of the molecule is Cn1cc(Br)cc1C(=O)NC1CCC(C(N)=O)CC1. The quantitative estimate of drug-likeness (QED) is 0.883. The van der Waals surface area contributed by atoms with Crippen LogP contribution in [0.25, 0.3) is 0 Å². The number of rotatable bonds is 3. The van der Waals surface area contributed by atoms with E-state index in [9.17, 15) is 9.59 Å². The van der Waals surface area contributed by atoms with Crippen molar-refractivity contribution in [3.8, 4) is 0 Å². The molecule has 1 aliphatic rings. The monoisotopic (exact) mass is 327 g/mol. The molecule has 1 saturated carbocycles. The van der Waals surface area contributed by atoms with E-state index in [0.29, 0.717) is 5.69 Å². The fourth-order valence-electron chi connectivity index (χ4n) is 2.53. The number of aryl methyl sites for hydroxylation is 1. The van der Waals surface area contributed by atoms with E-state index in [0.717, 1.165) is 30.2 Å². The van der Waals surface area contributed by atoms with Crippen molar-refractivity contribution in [2.45, 2.75) is 31.7 Å². The van der Waals surface area contributed by atoms with Gasteiger partial charge in [0.05, 0.1) is 0 Å². The van der Waals surface area contributed by atoms with Crippen molar-refractivity contribution < 1.29 is 9.59 Å². The van der Waals surface area contributed by atoms with Gasteiger partial charge in [0.15, 0.2) is 0 Å². The number of aromatic nitrogens is 1. The third-order valence-corrected chi connectivity index (χ3v) is 4.10. The molecule has 0 aliphatic heterocycles. The molecule has 0 spiro atoms. The fraction of sp³-hybridized carbons (Fsp3) is 0.538. The standard InChI is InChI=1S/C13H18BrN3O2/c1-17-7-9(14)6-11(17)13(19)16-10-4-2-8(3-5-10)12(15)18/h6-8,10H,2-5H2,1H3,(H2,15,18)(H,16,19). The molecule has 0 aromatic carbocycles. The van der Waals surface area contributed by atoms with Crippen LogP contribution in [0, 0.1) is 5.92 Å². The van der Waals surface area contributed by atoms with Crippen molar-refractivity contribution in [3.05, 3.63) is 22.4 Å². The van der Waals surface area contributed by atoms with E-state index in [2.05, 4.69) is 21.2 Å². The zero-order valence-corrected chi connectivity index (χ0v) is 12.4. The summed E-state index contributed by atoms with van der Waals surface area (Å²) in [4.78, 5) is 23.2. The van der Waals surface area contributed by atoms with E-state index in [-0.39, 0.29) is 23.8 Å². The van der Waals surface area contributed by atoms with Gasteiger partial charge in [0.1, 0.15) is 5.69 Å². The summed E-state index contributed by atoms with van der Waals surface area (Å²) in [5.74, 6) is -0.329. The van der Waals surface area contributed by atoms with Gasteiger partial charge in [0.25, 0.3) is 5.91 Å². The third-order valence-electron chi connectivity index (χ3n) is 3.67. The molecule has 2 rings (SSSR count). The molecule has 104 valence electrons. The first kappa shape index (κ1) is 14.1. The summed E-state index contributed by atoms with van der Waals surface area (Å²) in [5, 5.41) is 3.02. The van der Waals surface area contributed by atoms with Gasteiger partial charge < -0.3 is 15.6 Å². The summed E-state index contributed by atoms with van der Waals surface area (Å²) < 4.78 is 2.67. The van der Waals surface area contributed by atoms with Gasteiger partial charge in [-0.05, 0) is 47.7 Å². The third kappa shape index (κ3) is 3.37. The highest BCUT2D eigenvalue weighted by molar-refractivity contribution is 9.10. The molecule has 1 aromatic rings. The minimum atomic E-state index is -0.226. The van der Waals surface area contributed by atoms with Crippen molar-refractivity contribution >= 4 is 27.7 Å². The Morgan fingerprint density at radius 2 is 2.00 bits per heavy atom. The molecule has 0 saturated heterocycles. The maximum atomic E-state index is 12.1. The highest BCUT2D eigenvalue weighted by Gasteiger charge is 2.26. The Morgan fingerprint density at radius 3 is 2.47 bits per heavy atom. The second kappa shape index (κ2) is 5.77. The first-order chi connectivity index (χ1) is 8.97. The van der Waals surface area contributed by atoms with Crippen LogP contribution in [0.15, 0.2) is 16.7 Å². The van der Waals surface area contributed by atoms with Gasteiger partial charge in [0.2, 0.25) is 5.91 Å². The number of carbonyl (C=O) groups is 2. The normalized spacial score (nSPS) is 23.1. The van der Waals surface area contributed by atoms with E-state index >= 15 is 0 Å². The summed E-state index contributed by atoms with van der Waals surface area (Å²) in [6.45, 7) is 0. The Balaban J connectivity index is 1.91. The van der Waals surface area contributed by atoms with Crippen molar-refractivity contribution in [1.29, 1.82) is 0 Å². The zero-order valence-electron chi connectivity index (χ0n) is 10.9. The van der Waals surface area contributed by atoms with Gasteiger partial charge in [-0.3, -0.25) is 9.59 Å². The summed E-state index contributed by atoms with van der Waals surface area (Å²) >= 11 is 3.35. The van der Waals surface area contributed by atoms with Gasteiger partial charge in [-0.2, -0.15) is 0 Å². The molecule has 0 radical (unpaired) electrons. The fourth-order valence-corrected chi connectivity index (χ4v) is 3.06. The van der Waals surface area contributed by atoms with Crippen LogP contribution in [0.3, 0.4) is 0 Å². The molecule has 6 heteroatoms. The average Bonchev–Trinajstić information content (AvgIpc) is 2.69. The molecule has 3 N–H and O–H groups in total. The number of primary amides is 1. The maximum Gasteiger partial charge on any atom is 0.268 e. The van der Waals surface area contributed by atoms with Gasteiger partial charge >= 0.3 is 0 Å². The van der Waals surface area contributed by atoms with Crippen LogP contribution in [0.2, 0.25) is 0 Å². The van der Waals surface area contributed by atoms with E-state index in [1.54, 1.807) is 10.6 Å². The van der Waals surface area contributed by atoms with Gasteiger partial charge in [-0.25, -0.2) is 0 Å². The summed E-state index contributed by atoms with van der Waals surface area (Å²) in [5.41, 5.74) is 5.92.